The first kappa shape index (κ1) is 20.9. The molecule has 0 spiro atoms. The summed E-state index contributed by atoms with van der Waals surface area (Å²) < 4.78 is 5.13. The van der Waals surface area contributed by atoms with E-state index in [0.717, 1.165) is 5.56 Å². The van der Waals surface area contributed by atoms with Crippen LogP contribution in [0.1, 0.15) is 18.1 Å². The van der Waals surface area contributed by atoms with Gasteiger partial charge in [0.05, 0.1) is 18.5 Å². The Labute approximate surface area is 163 Å². The van der Waals surface area contributed by atoms with Crippen LogP contribution in [0.15, 0.2) is 48.5 Å². The molecule has 0 radical (unpaired) electrons. The van der Waals surface area contributed by atoms with Crippen LogP contribution >= 0.6 is 0 Å². The first-order valence-electron chi connectivity index (χ1n) is 8.73. The van der Waals surface area contributed by atoms with Crippen LogP contribution in [0.5, 0.6) is 5.75 Å². The summed E-state index contributed by atoms with van der Waals surface area (Å²) in [5.74, 6) is -0.00784. The lowest BCUT2D eigenvalue weighted by Crippen LogP contribution is -2.47. The van der Waals surface area contributed by atoms with Crippen LogP contribution in [0.2, 0.25) is 0 Å². The number of ether oxygens (including phenoxy) is 1. The Morgan fingerprint density at radius 3 is 2.39 bits per heavy atom. The zero-order chi connectivity index (χ0) is 20.7. The second-order valence-electron chi connectivity index (χ2n) is 6.22. The van der Waals surface area contributed by atoms with Gasteiger partial charge in [-0.3, -0.25) is 19.7 Å². The number of carbonyl (C=O) groups is 2. The van der Waals surface area contributed by atoms with Crippen LogP contribution in [0, 0.1) is 10.1 Å². The molecule has 2 amide bonds. The predicted molar refractivity (Wildman–Crippen MR) is 104 cm³/mol. The zero-order valence-corrected chi connectivity index (χ0v) is 16.0. The van der Waals surface area contributed by atoms with Gasteiger partial charge in [0.2, 0.25) is 11.8 Å². The lowest BCUT2D eigenvalue weighted by atomic mass is 10.1. The second-order valence-corrected chi connectivity index (χ2v) is 6.22. The van der Waals surface area contributed by atoms with Crippen molar-refractivity contribution in [2.24, 2.45) is 0 Å². The number of para-hydroxylation sites is 1. The normalized spacial score (nSPS) is 11.4. The molecule has 0 fully saturated rings. The largest absolute Gasteiger partial charge is 0.497 e. The Hall–Kier alpha value is -3.42. The minimum Gasteiger partial charge on any atom is -0.497 e. The van der Waals surface area contributed by atoms with E-state index in [9.17, 15) is 19.7 Å². The predicted octanol–water partition coefficient (Wildman–Crippen LogP) is 2.31. The second kappa shape index (κ2) is 9.50. The Morgan fingerprint density at radius 2 is 1.82 bits per heavy atom. The van der Waals surface area contributed by atoms with Crippen molar-refractivity contribution in [3.8, 4) is 5.75 Å². The van der Waals surface area contributed by atoms with E-state index < -0.39 is 11.0 Å². The van der Waals surface area contributed by atoms with Crippen molar-refractivity contribution in [2.75, 3.05) is 14.2 Å². The molecule has 0 aromatic heterocycles. The lowest BCUT2D eigenvalue weighted by Gasteiger charge is -2.28. The molecule has 148 valence electrons. The summed E-state index contributed by atoms with van der Waals surface area (Å²) >= 11 is 0. The van der Waals surface area contributed by atoms with Crippen LogP contribution < -0.4 is 10.1 Å². The topological polar surface area (TPSA) is 102 Å². The van der Waals surface area contributed by atoms with Gasteiger partial charge >= 0.3 is 0 Å². The fourth-order valence-electron chi connectivity index (χ4n) is 2.82. The number of nitrogens with zero attached hydrogens (tertiary/aromatic N) is 2. The molecule has 8 heteroatoms. The van der Waals surface area contributed by atoms with E-state index in [2.05, 4.69) is 5.32 Å². The number of nitrogens with one attached hydrogen (secondary N) is 1. The number of amides is 2. The molecule has 28 heavy (non-hydrogen) atoms. The molecule has 0 bridgehead atoms. The van der Waals surface area contributed by atoms with Crippen LogP contribution in [0.25, 0.3) is 0 Å². The smallest absolute Gasteiger partial charge is 0.273 e. The van der Waals surface area contributed by atoms with E-state index in [4.69, 9.17) is 4.74 Å². The minimum absolute atomic E-state index is 0.118. The number of methoxy groups -OCH3 is 1. The summed E-state index contributed by atoms with van der Waals surface area (Å²) in [5.41, 5.74) is 1.00. The number of nitro benzene ring substituents is 1. The Morgan fingerprint density at radius 1 is 1.18 bits per heavy atom. The van der Waals surface area contributed by atoms with Gasteiger partial charge < -0.3 is 15.0 Å². The first-order chi connectivity index (χ1) is 13.4. The molecule has 0 heterocycles. The van der Waals surface area contributed by atoms with E-state index in [-0.39, 0.29) is 30.5 Å². The molecule has 8 nitrogen and oxygen atoms in total. The van der Waals surface area contributed by atoms with Gasteiger partial charge in [-0.15, -0.1) is 0 Å². The number of carbonyl (C=O) groups excluding carboxylic acids is 2. The summed E-state index contributed by atoms with van der Waals surface area (Å²) in [4.78, 5) is 37.2. The van der Waals surface area contributed by atoms with Crippen molar-refractivity contribution in [1.29, 1.82) is 0 Å². The maximum atomic E-state index is 13.0. The maximum Gasteiger partial charge on any atom is 0.273 e. The number of benzene rings is 2. The number of rotatable bonds is 8. The van der Waals surface area contributed by atoms with Crippen LogP contribution in [-0.4, -0.2) is 41.8 Å². The van der Waals surface area contributed by atoms with Gasteiger partial charge in [0.1, 0.15) is 11.8 Å². The number of likely N-dealkylation sites (N-methyl/N-ethyl adjacent to an activating group) is 1. The summed E-state index contributed by atoms with van der Waals surface area (Å²) in [6.45, 7) is 1.82. The van der Waals surface area contributed by atoms with E-state index >= 15 is 0 Å². The summed E-state index contributed by atoms with van der Waals surface area (Å²) in [5, 5.41) is 13.8. The third kappa shape index (κ3) is 5.06. The molecule has 0 aliphatic carbocycles. The van der Waals surface area contributed by atoms with Gasteiger partial charge in [0.25, 0.3) is 5.69 Å². The Balaban J connectivity index is 2.28. The summed E-state index contributed by atoms with van der Waals surface area (Å²) in [7, 11) is 3.06. The average molecular weight is 385 g/mol. The summed E-state index contributed by atoms with van der Waals surface area (Å²) in [6.07, 6.45) is -0.172. The van der Waals surface area contributed by atoms with Crippen molar-refractivity contribution >= 4 is 17.5 Å². The third-order valence-electron chi connectivity index (χ3n) is 4.46. The molecule has 0 aliphatic rings. The number of hydrogen-bond donors (Lipinski definition) is 1. The van der Waals surface area contributed by atoms with Crippen molar-refractivity contribution in [3.63, 3.8) is 0 Å². The highest BCUT2D eigenvalue weighted by atomic mass is 16.6. The van der Waals surface area contributed by atoms with Gasteiger partial charge in [0, 0.05) is 25.2 Å². The highest BCUT2D eigenvalue weighted by molar-refractivity contribution is 5.88. The third-order valence-corrected chi connectivity index (χ3v) is 4.46. The van der Waals surface area contributed by atoms with Crippen LogP contribution in [0.4, 0.5) is 5.69 Å². The Bertz CT molecular complexity index is 851. The van der Waals surface area contributed by atoms with Crippen LogP contribution in [0.3, 0.4) is 0 Å². The fraction of sp³-hybridized carbons (Fsp3) is 0.300. The Kier molecular flexibility index (Phi) is 7.08. The van der Waals surface area contributed by atoms with E-state index in [1.807, 2.05) is 0 Å². The van der Waals surface area contributed by atoms with Crippen LogP contribution in [-0.2, 0) is 22.6 Å². The summed E-state index contributed by atoms with van der Waals surface area (Å²) in [6, 6.07) is 12.5. The molecule has 1 atom stereocenters. The lowest BCUT2D eigenvalue weighted by molar-refractivity contribution is -0.385. The minimum atomic E-state index is -0.734. The maximum absolute atomic E-state index is 13.0. The van der Waals surface area contributed by atoms with Gasteiger partial charge in [-0.25, -0.2) is 0 Å². The quantitative estimate of drug-likeness (QED) is 0.555. The molecule has 2 rings (SSSR count). The molecule has 2 aromatic carbocycles. The molecule has 0 saturated heterocycles. The average Bonchev–Trinajstić information content (AvgIpc) is 2.71. The number of hydrogen-bond acceptors (Lipinski definition) is 5. The molecular formula is C20H23N3O5. The monoisotopic (exact) mass is 385 g/mol. The SMILES string of the molecule is CNC(=O)[C@@H](C)N(Cc1ccc(OC)cc1)C(=O)Cc1ccccc1[N+](=O)[O-]. The molecule has 0 aliphatic heterocycles. The van der Waals surface area contributed by atoms with Gasteiger partial charge in [-0.1, -0.05) is 30.3 Å². The first-order valence-corrected chi connectivity index (χ1v) is 8.73. The highest BCUT2D eigenvalue weighted by Gasteiger charge is 2.27. The van der Waals surface area contributed by atoms with Crippen molar-refractivity contribution in [1.82, 2.24) is 10.2 Å². The highest BCUT2D eigenvalue weighted by Crippen LogP contribution is 2.21. The molecular weight excluding hydrogens is 362 g/mol. The molecule has 1 N–H and O–H groups in total. The van der Waals surface area contributed by atoms with E-state index in [1.54, 1.807) is 56.5 Å². The molecule has 0 saturated carbocycles. The standard InChI is InChI=1S/C20H23N3O5/c1-14(20(25)21-2)22(13-15-8-10-17(28-3)11-9-15)19(24)12-16-6-4-5-7-18(16)23(26)27/h4-11,14H,12-13H2,1-3H3,(H,21,25)/t14-/m1/s1. The van der Waals surface area contributed by atoms with E-state index in [0.29, 0.717) is 11.3 Å². The van der Waals surface area contributed by atoms with Gasteiger partial charge in [0.15, 0.2) is 0 Å². The zero-order valence-electron chi connectivity index (χ0n) is 16.0. The van der Waals surface area contributed by atoms with Crippen molar-refractivity contribution in [3.05, 3.63) is 69.8 Å². The number of nitro groups is 1. The molecule has 0 unspecified atom stereocenters. The van der Waals surface area contributed by atoms with Gasteiger partial charge in [-0.2, -0.15) is 0 Å². The van der Waals surface area contributed by atoms with Crippen molar-refractivity contribution in [2.45, 2.75) is 25.9 Å². The van der Waals surface area contributed by atoms with Gasteiger partial charge in [-0.05, 0) is 24.6 Å². The van der Waals surface area contributed by atoms with E-state index in [1.165, 1.54) is 18.0 Å². The molecule has 2 aromatic rings. The van der Waals surface area contributed by atoms with Crippen molar-refractivity contribution < 1.29 is 19.2 Å². The fourth-order valence-corrected chi connectivity index (χ4v) is 2.82.